The Kier molecular flexibility index (Phi) is 6.58. The summed E-state index contributed by atoms with van der Waals surface area (Å²) in [5.41, 5.74) is 7.11. The first-order valence-electron chi connectivity index (χ1n) is 9.05. The molecule has 0 saturated carbocycles. The summed E-state index contributed by atoms with van der Waals surface area (Å²) in [6.45, 7) is 6.20. The zero-order valence-corrected chi connectivity index (χ0v) is 16.9. The lowest BCUT2D eigenvalue weighted by molar-refractivity contribution is -0.384. The summed E-state index contributed by atoms with van der Waals surface area (Å²) in [6.07, 6.45) is -0.0357. The van der Waals surface area contributed by atoms with Crippen LogP contribution in [0.5, 0.6) is 5.75 Å². The van der Waals surface area contributed by atoms with Crippen molar-refractivity contribution in [2.75, 3.05) is 7.11 Å². The second kappa shape index (κ2) is 8.72. The van der Waals surface area contributed by atoms with Gasteiger partial charge in [0.15, 0.2) is 0 Å². The quantitative estimate of drug-likeness (QED) is 0.547. The first-order valence-corrected chi connectivity index (χ1v) is 9.05. The average Bonchev–Trinajstić information content (AvgIpc) is 2.66. The van der Waals surface area contributed by atoms with Crippen LogP contribution >= 0.6 is 0 Å². The number of hydrogen-bond donors (Lipinski definition) is 2. The van der Waals surface area contributed by atoms with Crippen molar-refractivity contribution in [3.8, 4) is 5.75 Å². The van der Waals surface area contributed by atoms with Gasteiger partial charge in [-0.3, -0.25) is 19.7 Å². The molecule has 0 fully saturated rings. The molecular formula is C21H25N3O5. The number of nitro groups is 1. The number of nitrogens with one attached hydrogen (secondary N) is 1. The predicted molar refractivity (Wildman–Crippen MR) is 109 cm³/mol. The minimum atomic E-state index is -1.05. The Hall–Kier alpha value is -3.42. The van der Waals surface area contributed by atoms with E-state index in [4.69, 9.17) is 10.5 Å². The predicted octanol–water partition coefficient (Wildman–Crippen LogP) is 2.73. The maximum Gasteiger partial charge on any atom is 0.269 e. The van der Waals surface area contributed by atoms with E-state index in [-0.39, 0.29) is 17.5 Å². The van der Waals surface area contributed by atoms with Crippen LogP contribution in [0, 0.1) is 10.1 Å². The van der Waals surface area contributed by atoms with Crippen LogP contribution < -0.4 is 15.8 Å². The highest BCUT2D eigenvalue weighted by Crippen LogP contribution is 2.25. The zero-order valence-electron chi connectivity index (χ0n) is 16.9. The highest BCUT2D eigenvalue weighted by Gasteiger charge is 2.23. The van der Waals surface area contributed by atoms with Gasteiger partial charge in [0.1, 0.15) is 11.8 Å². The monoisotopic (exact) mass is 399 g/mol. The first kappa shape index (κ1) is 21.9. The largest absolute Gasteiger partial charge is 0.496 e. The molecule has 29 heavy (non-hydrogen) atoms. The molecule has 154 valence electrons. The van der Waals surface area contributed by atoms with E-state index < -0.39 is 22.8 Å². The van der Waals surface area contributed by atoms with E-state index in [9.17, 15) is 19.7 Å². The zero-order chi connectivity index (χ0) is 21.8. The Balaban J connectivity index is 2.23. The molecule has 0 aromatic heterocycles. The number of rotatable bonds is 7. The Labute approximate surface area is 169 Å². The van der Waals surface area contributed by atoms with Crippen molar-refractivity contribution in [2.24, 2.45) is 5.73 Å². The van der Waals surface area contributed by atoms with Gasteiger partial charge < -0.3 is 15.8 Å². The number of nitrogens with zero attached hydrogens (tertiary/aromatic N) is 1. The first-order chi connectivity index (χ1) is 13.5. The number of primary amides is 1. The molecule has 2 rings (SSSR count). The van der Waals surface area contributed by atoms with E-state index in [1.807, 2.05) is 12.1 Å². The molecule has 2 aromatic rings. The highest BCUT2D eigenvalue weighted by atomic mass is 16.6. The third kappa shape index (κ3) is 5.54. The number of amides is 2. The van der Waals surface area contributed by atoms with Gasteiger partial charge in [-0.2, -0.15) is 0 Å². The summed E-state index contributed by atoms with van der Waals surface area (Å²) in [4.78, 5) is 35.0. The number of carbonyl (C=O) groups excluding carboxylic acids is 2. The SMILES string of the molecule is COc1ccc([N+](=O)[O-])cc1C[C@H](NC(=O)c1ccc(C(C)(C)C)cc1)C(N)=O. The minimum absolute atomic E-state index is 0.0357. The Bertz CT molecular complexity index is 917. The normalized spacial score (nSPS) is 12.1. The van der Waals surface area contributed by atoms with Gasteiger partial charge >= 0.3 is 0 Å². The van der Waals surface area contributed by atoms with Crippen LogP contribution in [0.25, 0.3) is 0 Å². The van der Waals surface area contributed by atoms with Gasteiger partial charge in [-0.25, -0.2) is 0 Å². The average molecular weight is 399 g/mol. The van der Waals surface area contributed by atoms with Crippen LogP contribution in [0.1, 0.15) is 42.3 Å². The fourth-order valence-electron chi connectivity index (χ4n) is 2.84. The van der Waals surface area contributed by atoms with Crippen molar-refractivity contribution in [2.45, 2.75) is 38.6 Å². The number of ether oxygens (including phenoxy) is 1. The van der Waals surface area contributed by atoms with Gasteiger partial charge in [-0.1, -0.05) is 32.9 Å². The number of carbonyl (C=O) groups is 2. The van der Waals surface area contributed by atoms with Gasteiger partial charge in [0, 0.05) is 29.7 Å². The summed E-state index contributed by atoms with van der Waals surface area (Å²) in [5.74, 6) is -0.845. The van der Waals surface area contributed by atoms with Crippen LogP contribution in [0.4, 0.5) is 5.69 Å². The molecule has 0 aliphatic carbocycles. The topological polar surface area (TPSA) is 125 Å². The van der Waals surface area contributed by atoms with Crippen molar-refractivity contribution in [3.05, 3.63) is 69.3 Å². The third-order valence-corrected chi connectivity index (χ3v) is 4.56. The molecule has 8 heteroatoms. The van der Waals surface area contributed by atoms with Gasteiger partial charge in [-0.05, 0) is 29.2 Å². The lowest BCUT2D eigenvalue weighted by Gasteiger charge is -2.20. The van der Waals surface area contributed by atoms with Crippen molar-refractivity contribution in [1.29, 1.82) is 0 Å². The van der Waals surface area contributed by atoms with E-state index in [1.54, 1.807) is 12.1 Å². The standard InChI is InChI=1S/C21H25N3O5/c1-21(2,3)15-7-5-13(6-8-15)20(26)23-17(19(22)25)12-14-11-16(24(27)28)9-10-18(14)29-4/h5-11,17H,12H2,1-4H3,(H2,22,25)(H,23,26)/t17-/m0/s1. The fourth-order valence-corrected chi connectivity index (χ4v) is 2.84. The van der Waals surface area contributed by atoms with Gasteiger partial charge in [0.25, 0.3) is 11.6 Å². The molecule has 1 atom stereocenters. The Morgan fingerprint density at radius 1 is 1.17 bits per heavy atom. The van der Waals surface area contributed by atoms with Crippen LogP contribution in [0.3, 0.4) is 0 Å². The number of nitro benzene ring substituents is 1. The second-order valence-corrected chi connectivity index (χ2v) is 7.71. The van der Waals surface area contributed by atoms with Crippen molar-refractivity contribution in [3.63, 3.8) is 0 Å². The molecular weight excluding hydrogens is 374 g/mol. The fraction of sp³-hybridized carbons (Fsp3) is 0.333. The maximum absolute atomic E-state index is 12.6. The number of hydrogen-bond acceptors (Lipinski definition) is 5. The lowest BCUT2D eigenvalue weighted by atomic mass is 9.86. The van der Waals surface area contributed by atoms with Crippen molar-refractivity contribution >= 4 is 17.5 Å². The number of nitrogens with two attached hydrogens (primary N) is 1. The molecule has 2 aromatic carbocycles. The summed E-state index contributed by atoms with van der Waals surface area (Å²) < 4.78 is 5.21. The number of benzene rings is 2. The molecule has 0 spiro atoms. The maximum atomic E-state index is 12.6. The van der Waals surface area contributed by atoms with E-state index in [0.717, 1.165) is 5.56 Å². The summed E-state index contributed by atoms with van der Waals surface area (Å²) in [6, 6.07) is 10.1. The van der Waals surface area contributed by atoms with Crippen LogP contribution in [-0.2, 0) is 16.6 Å². The molecule has 0 unspecified atom stereocenters. The minimum Gasteiger partial charge on any atom is -0.496 e. The van der Waals surface area contributed by atoms with Crippen LogP contribution in [0.2, 0.25) is 0 Å². The number of methoxy groups -OCH3 is 1. The highest BCUT2D eigenvalue weighted by molar-refractivity contribution is 5.97. The molecule has 0 radical (unpaired) electrons. The molecule has 0 aliphatic heterocycles. The van der Waals surface area contributed by atoms with Crippen LogP contribution in [0.15, 0.2) is 42.5 Å². The third-order valence-electron chi connectivity index (χ3n) is 4.56. The van der Waals surface area contributed by atoms with Gasteiger partial charge in [0.05, 0.1) is 12.0 Å². The summed E-state index contributed by atoms with van der Waals surface area (Å²) >= 11 is 0. The van der Waals surface area contributed by atoms with E-state index >= 15 is 0 Å². The van der Waals surface area contributed by atoms with Gasteiger partial charge in [0.2, 0.25) is 5.91 Å². The molecule has 0 saturated heterocycles. The molecule has 8 nitrogen and oxygen atoms in total. The summed E-state index contributed by atoms with van der Waals surface area (Å²) in [7, 11) is 1.42. The molecule has 0 heterocycles. The van der Waals surface area contributed by atoms with E-state index in [2.05, 4.69) is 26.1 Å². The van der Waals surface area contributed by atoms with E-state index in [1.165, 1.54) is 25.3 Å². The smallest absolute Gasteiger partial charge is 0.269 e. The molecule has 0 bridgehead atoms. The van der Waals surface area contributed by atoms with Crippen LogP contribution in [-0.4, -0.2) is 29.9 Å². The Morgan fingerprint density at radius 3 is 2.28 bits per heavy atom. The van der Waals surface area contributed by atoms with Crippen molar-refractivity contribution in [1.82, 2.24) is 5.32 Å². The Morgan fingerprint density at radius 2 is 1.79 bits per heavy atom. The lowest BCUT2D eigenvalue weighted by Crippen LogP contribution is -2.45. The number of non-ortho nitro benzene ring substituents is 1. The van der Waals surface area contributed by atoms with Gasteiger partial charge in [-0.15, -0.1) is 0 Å². The molecule has 2 amide bonds. The van der Waals surface area contributed by atoms with Crippen molar-refractivity contribution < 1.29 is 19.2 Å². The molecule has 0 aliphatic rings. The van der Waals surface area contributed by atoms with E-state index in [0.29, 0.717) is 16.9 Å². The second-order valence-electron chi connectivity index (χ2n) is 7.71. The summed E-state index contributed by atoms with van der Waals surface area (Å²) in [5, 5.41) is 13.6. The molecule has 3 N–H and O–H groups in total.